The van der Waals surface area contributed by atoms with Gasteiger partial charge in [0.05, 0.1) is 0 Å². The van der Waals surface area contributed by atoms with E-state index in [1.165, 1.54) is 57.8 Å². The summed E-state index contributed by atoms with van der Waals surface area (Å²) in [6.07, 6.45) is 18.2. The molecular formula is C25H44. The molecule has 0 aliphatic heterocycles. The summed E-state index contributed by atoms with van der Waals surface area (Å²) in [5, 5.41) is 0. The minimum Gasteiger partial charge on any atom is -0.0654 e. The third kappa shape index (κ3) is 2.37. The van der Waals surface area contributed by atoms with Gasteiger partial charge in [0.2, 0.25) is 0 Å². The molecule has 0 heteroatoms. The molecule has 0 heterocycles. The van der Waals surface area contributed by atoms with Gasteiger partial charge in [-0.25, -0.2) is 0 Å². The minimum absolute atomic E-state index is 0.634. The Morgan fingerprint density at radius 2 is 1.52 bits per heavy atom. The van der Waals surface area contributed by atoms with E-state index in [2.05, 4.69) is 34.6 Å². The molecule has 0 aromatic carbocycles. The first-order valence-corrected chi connectivity index (χ1v) is 11.9. The summed E-state index contributed by atoms with van der Waals surface area (Å²) in [5.74, 6) is 5.15. The second-order valence-electron chi connectivity index (χ2n) is 11.4. The molecule has 0 N–H and O–H groups in total. The summed E-state index contributed by atoms with van der Waals surface area (Å²) in [6, 6.07) is 0. The van der Waals surface area contributed by atoms with Crippen LogP contribution in [0.25, 0.3) is 0 Å². The van der Waals surface area contributed by atoms with Gasteiger partial charge < -0.3 is 0 Å². The average molecular weight is 345 g/mol. The van der Waals surface area contributed by atoms with E-state index in [4.69, 9.17) is 0 Å². The summed E-state index contributed by atoms with van der Waals surface area (Å²) in [6.45, 7) is 13.2. The van der Waals surface area contributed by atoms with E-state index in [-0.39, 0.29) is 0 Å². The van der Waals surface area contributed by atoms with Crippen molar-refractivity contribution in [2.45, 2.75) is 112 Å². The highest BCUT2D eigenvalue weighted by molar-refractivity contribution is 5.14. The van der Waals surface area contributed by atoms with Gasteiger partial charge in [-0.2, -0.15) is 0 Å². The lowest BCUT2D eigenvalue weighted by Crippen LogP contribution is -2.61. The molecular weight excluding hydrogens is 300 g/mol. The van der Waals surface area contributed by atoms with Crippen LogP contribution in [0.4, 0.5) is 0 Å². The first kappa shape index (κ1) is 18.4. The van der Waals surface area contributed by atoms with E-state index in [0.29, 0.717) is 16.2 Å². The average Bonchev–Trinajstić information content (AvgIpc) is 2.92. The maximum Gasteiger partial charge on any atom is -0.0238 e. The Labute approximate surface area is 157 Å². The van der Waals surface area contributed by atoms with E-state index in [1.807, 2.05) is 0 Å². The Bertz CT molecular complexity index is 494. The Morgan fingerprint density at radius 1 is 0.760 bits per heavy atom. The van der Waals surface area contributed by atoms with Crippen molar-refractivity contribution in [3.05, 3.63) is 0 Å². The highest BCUT2D eigenvalue weighted by atomic mass is 14.7. The van der Waals surface area contributed by atoms with Gasteiger partial charge in [0.1, 0.15) is 0 Å². The van der Waals surface area contributed by atoms with Crippen LogP contribution in [0.1, 0.15) is 112 Å². The summed E-state index contributed by atoms with van der Waals surface area (Å²) in [5.41, 5.74) is 1.95. The van der Waals surface area contributed by atoms with Crippen LogP contribution in [0, 0.1) is 45.8 Å². The molecule has 4 aliphatic carbocycles. The highest BCUT2D eigenvalue weighted by Gasteiger charge is 2.65. The maximum atomic E-state index is 2.77. The van der Waals surface area contributed by atoms with Gasteiger partial charge in [0.15, 0.2) is 0 Å². The quantitative estimate of drug-likeness (QED) is 0.488. The molecule has 0 amide bonds. The maximum absolute atomic E-state index is 2.77. The molecule has 0 saturated heterocycles. The zero-order valence-corrected chi connectivity index (χ0v) is 17.9. The molecule has 8 atom stereocenters. The number of fused-ring (bicyclic) bond motifs is 5. The zero-order chi connectivity index (χ0) is 17.9. The lowest BCUT2D eigenvalue weighted by molar-refractivity contribution is -0.194. The van der Waals surface area contributed by atoms with E-state index in [9.17, 15) is 0 Å². The van der Waals surface area contributed by atoms with Crippen LogP contribution < -0.4 is 0 Å². The fourth-order valence-corrected chi connectivity index (χ4v) is 9.27. The van der Waals surface area contributed by atoms with Gasteiger partial charge in [-0.05, 0) is 90.8 Å². The lowest BCUT2D eigenvalue weighted by Gasteiger charge is -2.68. The number of hydrogen-bond donors (Lipinski definition) is 0. The summed E-state index contributed by atoms with van der Waals surface area (Å²) in [7, 11) is 0. The largest absolute Gasteiger partial charge is 0.0654 e. The monoisotopic (exact) mass is 344 g/mol. The third-order valence-corrected chi connectivity index (χ3v) is 11.0. The standard InChI is InChI=1S/C25H44/c1-6-10-19-12-13-21-22-17-18(7-2)20-11-8-9-14-24(20,4)25(22,5)16-15-23(19,21)3/h18-22H,6-17H2,1-5H3/t18-,19?,20?,21?,22?,23?,24?,25?/m0/s1. The molecule has 0 aromatic rings. The molecule has 0 spiro atoms. The minimum atomic E-state index is 0.634. The fourth-order valence-electron chi connectivity index (χ4n) is 9.27. The lowest BCUT2D eigenvalue weighted by atomic mass is 9.36. The Balaban J connectivity index is 1.70. The van der Waals surface area contributed by atoms with Crippen molar-refractivity contribution in [2.75, 3.05) is 0 Å². The third-order valence-electron chi connectivity index (χ3n) is 11.0. The fraction of sp³-hybridized carbons (Fsp3) is 1.00. The summed E-state index contributed by atoms with van der Waals surface area (Å²) < 4.78 is 0. The molecule has 7 unspecified atom stereocenters. The van der Waals surface area contributed by atoms with Crippen molar-refractivity contribution in [1.82, 2.24) is 0 Å². The normalized spacial score (nSPS) is 55.3. The predicted octanol–water partition coefficient (Wildman–Crippen LogP) is 7.86. The molecule has 4 rings (SSSR count). The Hall–Kier alpha value is 0. The van der Waals surface area contributed by atoms with E-state index in [0.717, 1.165) is 29.6 Å². The first-order valence-electron chi connectivity index (χ1n) is 11.9. The highest BCUT2D eigenvalue weighted by Crippen LogP contribution is 2.73. The van der Waals surface area contributed by atoms with Crippen molar-refractivity contribution < 1.29 is 0 Å². The van der Waals surface area contributed by atoms with Crippen molar-refractivity contribution in [2.24, 2.45) is 45.8 Å². The van der Waals surface area contributed by atoms with Gasteiger partial charge in [-0.3, -0.25) is 0 Å². The van der Waals surface area contributed by atoms with Gasteiger partial charge in [-0.15, -0.1) is 0 Å². The second kappa shape index (κ2) is 6.27. The van der Waals surface area contributed by atoms with Crippen LogP contribution in [0.3, 0.4) is 0 Å². The second-order valence-corrected chi connectivity index (χ2v) is 11.4. The summed E-state index contributed by atoms with van der Waals surface area (Å²) in [4.78, 5) is 0. The summed E-state index contributed by atoms with van der Waals surface area (Å²) >= 11 is 0. The molecule has 4 aliphatic rings. The zero-order valence-electron chi connectivity index (χ0n) is 17.9. The van der Waals surface area contributed by atoms with Crippen LogP contribution in [0.5, 0.6) is 0 Å². The van der Waals surface area contributed by atoms with Crippen molar-refractivity contribution in [3.63, 3.8) is 0 Å². The molecule has 0 radical (unpaired) electrons. The number of hydrogen-bond acceptors (Lipinski definition) is 0. The van der Waals surface area contributed by atoms with Gasteiger partial charge in [-0.1, -0.05) is 66.7 Å². The van der Waals surface area contributed by atoms with Crippen molar-refractivity contribution >= 4 is 0 Å². The molecule has 0 aromatic heterocycles. The van der Waals surface area contributed by atoms with Crippen LogP contribution >= 0.6 is 0 Å². The van der Waals surface area contributed by atoms with Crippen molar-refractivity contribution in [1.29, 1.82) is 0 Å². The molecule has 25 heavy (non-hydrogen) atoms. The van der Waals surface area contributed by atoms with Gasteiger partial charge in [0.25, 0.3) is 0 Å². The predicted molar refractivity (Wildman–Crippen MR) is 109 cm³/mol. The number of rotatable bonds is 3. The van der Waals surface area contributed by atoms with Crippen LogP contribution in [-0.2, 0) is 0 Å². The van der Waals surface area contributed by atoms with Crippen LogP contribution in [-0.4, -0.2) is 0 Å². The van der Waals surface area contributed by atoms with Crippen molar-refractivity contribution in [3.8, 4) is 0 Å². The Kier molecular flexibility index (Phi) is 4.61. The van der Waals surface area contributed by atoms with Crippen LogP contribution in [0.15, 0.2) is 0 Å². The van der Waals surface area contributed by atoms with Gasteiger partial charge >= 0.3 is 0 Å². The molecule has 4 saturated carbocycles. The topological polar surface area (TPSA) is 0 Å². The SMILES string of the molecule is CCCC1CCC2C3C[C@H](CC)C4CCCCC4(C)C3(C)CCC12C. The van der Waals surface area contributed by atoms with E-state index >= 15 is 0 Å². The smallest absolute Gasteiger partial charge is 0.0238 e. The van der Waals surface area contributed by atoms with E-state index in [1.54, 1.807) is 19.3 Å². The van der Waals surface area contributed by atoms with E-state index < -0.39 is 0 Å². The molecule has 4 fully saturated rings. The molecule has 0 nitrogen and oxygen atoms in total. The van der Waals surface area contributed by atoms with Crippen LogP contribution in [0.2, 0.25) is 0 Å². The molecule has 0 bridgehead atoms. The first-order chi connectivity index (χ1) is 11.9. The molecule has 144 valence electrons. The van der Waals surface area contributed by atoms with Gasteiger partial charge in [0, 0.05) is 0 Å². The Morgan fingerprint density at radius 3 is 2.24 bits per heavy atom.